The number of nitrogens with one attached hydrogen (secondary N) is 1. The van der Waals surface area contributed by atoms with Crippen molar-refractivity contribution in [1.82, 2.24) is 0 Å². The molecule has 0 atom stereocenters. The van der Waals surface area contributed by atoms with Gasteiger partial charge in [-0.1, -0.05) is 18.2 Å². The molecule has 0 aliphatic heterocycles. The van der Waals surface area contributed by atoms with E-state index in [1.807, 2.05) is 4.72 Å². The SMILES string of the molecule is Cc1cccc(C)c1NS(=O)(=O)[O-].[Na+]. The number of para-hydroxylation sites is 1. The Bertz CT molecular complexity index is 396. The molecular formula is C8H10NNaO3S. The second kappa shape index (κ2) is 5.14. The number of rotatable bonds is 2. The van der Waals surface area contributed by atoms with Gasteiger partial charge >= 0.3 is 29.6 Å². The van der Waals surface area contributed by atoms with Gasteiger partial charge in [-0.2, -0.15) is 0 Å². The maximum atomic E-state index is 10.4. The number of aryl methyl sites for hydroxylation is 2. The van der Waals surface area contributed by atoms with Crippen molar-refractivity contribution in [1.29, 1.82) is 0 Å². The molecule has 1 N–H and O–H groups in total. The third-order valence-electron chi connectivity index (χ3n) is 1.71. The first kappa shape index (κ1) is 13.9. The number of anilines is 1. The Morgan fingerprint density at radius 3 is 2.00 bits per heavy atom. The normalized spacial score (nSPS) is 10.5. The van der Waals surface area contributed by atoms with Gasteiger partial charge in [0.2, 0.25) is 0 Å². The predicted octanol–water partition coefficient (Wildman–Crippen LogP) is -1.82. The molecule has 4 nitrogen and oxygen atoms in total. The molecule has 0 spiro atoms. The third-order valence-corrected chi connectivity index (χ3v) is 2.16. The van der Waals surface area contributed by atoms with E-state index in [1.165, 1.54) is 0 Å². The largest absolute Gasteiger partial charge is 1.00 e. The number of benzene rings is 1. The van der Waals surface area contributed by atoms with Crippen LogP contribution in [0.25, 0.3) is 0 Å². The third kappa shape index (κ3) is 3.98. The van der Waals surface area contributed by atoms with E-state index in [4.69, 9.17) is 0 Å². The Morgan fingerprint density at radius 2 is 1.64 bits per heavy atom. The van der Waals surface area contributed by atoms with Gasteiger partial charge in [0.25, 0.3) is 0 Å². The summed E-state index contributed by atoms with van der Waals surface area (Å²) in [5.41, 5.74) is 1.84. The fraction of sp³-hybridized carbons (Fsp3) is 0.250. The van der Waals surface area contributed by atoms with Crippen LogP contribution in [-0.2, 0) is 10.3 Å². The molecule has 72 valence electrons. The first-order chi connectivity index (χ1) is 5.90. The average Bonchev–Trinajstić information content (AvgIpc) is 1.95. The van der Waals surface area contributed by atoms with Crippen LogP contribution >= 0.6 is 0 Å². The Balaban J connectivity index is 0.00000169. The van der Waals surface area contributed by atoms with Crippen LogP contribution in [0.15, 0.2) is 18.2 Å². The van der Waals surface area contributed by atoms with E-state index in [0.717, 1.165) is 11.1 Å². The molecule has 0 fully saturated rings. The van der Waals surface area contributed by atoms with E-state index in [-0.39, 0.29) is 29.6 Å². The summed E-state index contributed by atoms with van der Waals surface area (Å²) in [7, 11) is -4.42. The summed E-state index contributed by atoms with van der Waals surface area (Å²) in [6, 6.07) is 5.27. The summed E-state index contributed by atoms with van der Waals surface area (Å²) in [5, 5.41) is 0. The summed E-state index contributed by atoms with van der Waals surface area (Å²) in [6.07, 6.45) is 0. The molecule has 0 aromatic heterocycles. The van der Waals surface area contributed by atoms with E-state index >= 15 is 0 Å². The van der Waals surface area contributed by atoms with E-state index in [0.29, 0.717) is 5.69 Å². The summed E-state index contributed by atoms with van der Waals surface area (Å²) >= 11 is 0. The minimum Gasteiger partial charge on any atom is -0.731 e. The molecule has 1 aromatic rings. The topological polar surface area (TPSA) is 69.2 Å². The predicted molar refractivity (Wildman–Crippen MR) is 49.2 cm³/mol. The van der Waals surface area contributed by atoms with Gasteiger partial charge in [0.1, 0.15) is 0 Å². The molecule has 0 amide bonds. The molecule has 1 aromatic carbocycles. The van der Waals surface area contributed by atoms with Crippen LogP contribution in [0.4, 0.5) is 5.69 Å². The van der Waals surface area contributed by atoms with Gasteiger partial charge in [-0.3, -0.25) is 4.72 Å². The maximum absolute atomic E-state index is 10.4. The Morgan fingerprint density at radius 1 is 1.21 bits per heavy atom. The molecule has 0 aliphatic carbocycles. The van der Waals surface area contributed by atoms with Crippen LogP contribution < -0.4 is 34.3 Å². The van der Waals surface area contributed by atoms with Crippen molar-refractivity contribution in [3.8, 4) is 0 Å². The number of hydrogen-bond donors (Lipinski definition) is 1. The Hall–Kier alpha value is -0.0700. The second-order valence-electron chi connectivity index (χ2n) is 2.82. The van der Waals surface area contributed by atoms with Gasteiger partial charge in [0.15, 0.2) is 10.3 Å². The van der Waals surface area contributed by atoms with Crippen molar-refractivity contribution in [3.63, 3.8) is 0 Å². The summed E-state index contributed by atoms with van der Waals surface area (Å²) in [5.74, 6) is 0. The van der Waals surface area contributed by atoms with Crippen LogP contribution in [0, 0.1) is 13.8 Å². The van der Waals surface area contributed by atoms with E-state index in [1.54, 1.807) is 32.0 Å². The van der Waals surface area contributed by atoms with Gasteiger partial charge in [-0.15, -0.1) is 0 Å². The fourth-order valence-electron chi connectivity index (χ4n) is 1.10. The van der Waals surface area contributed by atoms with Crippen molar-refractivity contribution in [2.75, 3.05) is 4.72 Å². The fourth-order valence-corrected chi connectivity index (χ4v) is 1.67. The number of hydrogen-bond acceptors (Lipinski definition) is 3. The van der Waals surface area contributed by atoms with Crippen LogP contribution in [0.2, 0.25) is 0 Å². The van der Waals surface area contributed by atoms with E-state index in [9.17, 15) is 13.0 Å². The zero-order valence-electron chi connectivity index (χ0n) is 8.37. The molecule has 0 saturated carbocycles. The Labute approximate surface area is 106 Å². The molecule has 0 aliphatic rings. The van der Waals surface area contributed by atoms with Crippen LogP contribution in [0.1, 0.15) is 11.1 Å². The molecule has 0 radical (unpaired) electrons. The molecule has 0 bridgehead atoms. The van der Waals surface area contributed by atoms with Crippen LogP contribution in [-0.4, -0.2) is 13.0 Å². The van der Waals surface area contributed by atoms with Crippen molar-refractivity contribution in [2.45, 2.75) is 13.8 Å². The average molecular weight is 223 g/mol. The first-order valence-corrected chi connectivity index (χ1v) is 5.11. The van der Waals surface area contributed by atoms with Crippen LogP contribution in [0.5, 0.6) is 0 Å². The minimum atomic E-state index is -4.42. The van der Waals surface area contributed by atoms with Gasteiger partial charge in [-0.25, -0.2) is 8.42 Å². The van der Waals surface area contributed by atoms with Crippen molar-refractivity contribution in [3.05, 3.63) is 29.3 Å². The molecule has 0 heterocycles. The molecule has 14 heavy (non-hydrogen) atoms. The maximum Gasteiger partial charge on any atom is 1.00 e. The monoisotopic (exact) mass is 223 g/mol. The second-order valence-corrected chi connectivity index (χ2v) is 3.94. The molecule has 0 saturated heterocycles. The smallest absolute Gasteiger partial charge is 0.731 e. The van der Waals surface area contributed by atoms with Crippen molar-refractivity contribution < 1.29 is 42.5 Å². The van der Waals surface area contributed by atoms with Gasteiger partial charge < -0.3 is 4.55 Å². The van der Waals surface area contributed by atoms with E-state index in [2.05, 4.69) is 0 Å². The zero-order chi connectivity index (χ0) is 10.1. The van der Waals surface area contributed by atoms with Gasteiger partial charge in [-0.05, 0) is 25.0 Å². The quantitative estimate of drug-likeness (QED) is 0.474. The van der Waals surface area contributed by atoms with E-state index < -0.39 is 10.3 Å². The first-order valence-electron chi connectivity index (χ1n) is 3.70. The molecule has 6 heteroatoms. The van der Waals surface area contributed by atoms with Gasteiger partial charge in [0, 0.05) is 0 Å². The molecule has 1 rings (SSSR count). The zero-order valence-corrected chi connectivity index (χ0v) is 11.2. The molecule has 0 unspecified atom stereocenters. The standard InChI is InChI=1S/C8H11NO3S.Na/c1-6-4-3-5-7(2)8(6)9-13(10,11)12;/h3-5,9H,1-2H3,(H,10,11,12);/q;+1/p-1. The summed E-state index contributed by atoms with van der Waals surface area (Å²) in [6.45, 7) is 3.47. The molecular weight excluding hydrogens is 213 g/mol. The van der Waals surface area contributed by atoms with Crippen molar-refractivity contribution >= 4 is 16.0 Å². The Kier molecular flexibility index (Phi) is 5.11. The van der Waals surface area contributed by atoms with Crippen molar-refractivity contribution in [2.24, 2.45) is 0 Å². The van der Waals surface area contributed by atoms with Gasteiger partial charge in [0.05, 0.1) is 5.69 Å². The summed E-state index contributed by atoms with van der Waals surface area (Å²) in [4.78, 5) is 0. The van der Waals surface area contributed by atoms with Crippen LogP contribution in [0.3, 0.4) is 0 Å². The summed E-state index contributed by atoms with van der Waals surface area (Å²) < 4.78 is 33.2. The minimum absolute atomic E-state index is 0.